The topological polar surface area (TPSA) is 60.9 Å². The fourth-order valence-electron chi connectivity index (χ4n) is 3.32. The SMILES string of the molecule is CC1(O)CCCN(C(=O)C2CCCN2C(=O)C(C)(C)C)C1. The lowest BCUT2D eigenvalue weighted by molar-refractivity contribution is -0.151. The van der Waals surface area contributed by atoms with Gasteiger partial charge in [0, 0.05) is 25.0 Å². The molecule has 0 radical (unpaired) electrons. The van der Waals surface area contributed by atoms with E-state index < -0.39 is 11.0 Å². The van der Waals surface area contributed by atoms with Gasteiger partial charge in [-0.3, -0.25) is 9.59 Å². The Balaban J connectivity index is 2.09. The summed E-state index contributed by atoms with van der Waals surface area (Å²) in [5.74, 6) is 0.0483. The second-order valence-corrected chi connectivity index (χ2v) is 7.77. The highest BCUT2D eigenvalue weighted by Crippen LogP contribution is 2.28. The molecule has 2 unspecified atom stereocenters. The van der Waals surface area contributed by atoms with Crippen LogP contribution in [0.5, 0.6) is 0 Å². The molecule has 21 heavy (non-hydrogen) atoms. The molecule has 5 nitrogen and oxygen atoms in total. The van der Waals surface area contributed by atoms with Crippen LogP contribution >= 0.6 is 0 Å². The lowest BCUT2D eigenvalue weighted by Gasteiger charge is -2.39. The molecule has 1 N–H and O–H groups in total. The summed E-state index contributed by atoms with van der Waals surface area (Å²) in [6, 6.07) is -0.342. The van der Waals surface area contributed by atoms with Crippen LogP contribution in [0.4, 0.5) is 0 Å². The van der Waals surface area contributed by atoms with Gasteiger partial charge in [0.15, 0.2) is 0 Å². The molecule has 2 rings (SSSR count). The van der Waals surface area contributed by atoms with Crippen molar-refractivity contribution in [3.05, 3.63) is 0 Å². The van der Waals surface area contributed by atoms with Gasteiger partial charge in [-0.25, -0.2) is 0 Å². The lowest BCUT2D eigenvalue weighted by Crippen LogP contribution is -2.55. The molecule has 0 saturated carbocycles. The van der Waals surface area contributed by atoms with Crippen molar-refractivity contribution in [1.82, 2.24) is 9.80 Å². The van der Waals surface area contributed by atoms with Gasteiger partial charge in [0.25, 0.3) is 0 Å². The third-order valence-corrected chi connectivity index (χ3v) is 4.43. The minimum atomic E-state index is -0.800. The second kappa shape index (κ2) is 5.59. The molecular weight excluding hydrogens is 268 g/mol. The molecule has 0 aliphatic carbocycles. The Kier molecular flexibility index (Phi) is 4.34. The molecule has 5 heteroatoms. The van der Waals surface area contributed by atoms with Gasteiger partial charge in [-0.1, -0.05) is 20.8 Å². The summed E-state index contributed by atoms with van der Waals surface area (Å²) >= 11 is 0. The van der Waals surface area contributed by atoms with Crippen LogP contribution < -0.4 is 0 Å². The Labute approximate surface area is 127 Å². The Hall–Kier alpha value is -1.10. The third kappa shape index (κ3) is 3.57. The summed E-state index contributed by atoms with van der Waals surface area (Å²) in [5.41, 5.74) is -1.26. The largest absolute Gasteiger partial charge is 0.388 e. The van der Waals surface area contributed by atoms with Gasteiger partial charge in [-0.05, 0) is 32.6 Å². The average molecular weight is 296 g/mol. The van der Waals surface area contributed by atoms with Crippen LogP contribution in [0.25, 0.3) is 0 Å². The first-order valence-electron chi connectivity index (χ1n) is 7.94. The smallest absolute Gasteiger partial charge is 0.245 e. The standard InChI is InChI=1S/C16H28N2O3/c1-15(2,3)14(20)18-10-5-7-12(18)13(19)17-9-6-8-16(4,21)11-17/h12,21H,5-11H2,1-4H3. The number of likely N-dealkylation sites (tertiary alicyclic amines) is 2. The molecule has 0 aromatic heterocycles. The average Bonchev–Trinajstić information content (AvgIpc) is 2.83. The zero-order valence-electron chi connectivity index (χ0n) is 13.7. The monoisotopic (exact) mass is 296 g/mol. The number of piperidine rings is 1. The van der Waals surface area contributed by atoms with Crippen LogP contribution in [0.2, 0.25) is 0 Å². The minimum absolute atomic E-state index is 0.00470. The van der Waals surface area contributed by atoms with E-state index in [1.54, 1.807) is 16.7 Å². The normalized spacial score (nSPS) is 30.6. The van der Waals surface area contributed by atoms with Crippen molar-refractivity contribution in [2.75, 3.05) is 19.6 Å². The third-order valence-electron chi connectivity index (χ3n) is 4.43. The van der Waals surface area contributed by atoms with Gasteiger partial charge in [-0.15, -0.1) is 0 Å². The van der Waals surface area contributed by atoms with E-state index in [4.69, 9.17) is 0 Å². The maximum atomic E-state index is 12.8. The van der Waals surface area contributed by atoms with Crippen molar-refractivity contribution in [3.63, 3.8) is 0 Å². The van der Waals surface area contributed by atoms with E-state index in [2.05, 4.69) is 0 Å². The Morgan fingerprint density at radius 1 is 1.19 bits per heavy atom. The highest BCUT2D eigenvalue weighted by molar-refractivity contribution is 5.90. The van der Waals surface area contributed by atoms with E-state index in [0.717, 1.165) is 25.7 Å². The molecule has 120 valence electrons. The van der Waals surface area contributed by atoms with E-state index in [0.29, 0.717) is 19.6 Å². The summed E-state index contributed by atoms with van der Waals surface area (Å²) < 4.78 is 0. The van der Waals surface area contributed by atoms with E-state index >= 15 is 0 Å². The van der Waals surface area contributed by atoms with Crippen molar-refractivity contribution in [3.8, 4) is 0 Å². The Bertz CT molecular complexity index is 426. The minimum Gasteiger partial charge on any atom is -0.388 e. The van der Waals surface area contributed by atoms with Crippen LogP contribution in [-0.4, -0.2) is 58.0 Å². The predicted octanol–water partition coefficient (Wildman–Crippen LogP) is 1.40. The maximum absolute atomic E-state index is 12.8. The highest BCUT2D eigenvalue weighted by Gasteiger charge is 2.42. The van der Waals surface area contributed by atoms with Gasteiger partial charge < -0.3 is 14.9 Å². The Morgan fingerprint density at radius 3 is 2.43 bits per heavy atom. The summed E-state index contributed by atoms with van der Waals surface area (Å²) in [7, 11) is 0. The van der Waals surface area contributed by atoms with Crippen molar-refractivity contribution >= 4 is 11.8 Å². The number of hydrogen-bond acceptors (Lipinski definition) is 3. The first-order chi connectivity index (χ1) is 9.62. The molecule has 0 aromatic carbocycles. The lowest BCUT2D eigenvalue weighted by atomic mass is 9.93. The molecule has 0 aromatic rings. The van der Waals surface area contributed by atoms with E-state index in [1.807, 2.05) is 20.8 Å². The van der Waals surface area contributed by atoms with Crippen LogP contribution in [0.1, 0.15) is 53.4 Å². The molecule has 2 fully saturated rings. The van der Waals surface area contributed by atoms with Crippen molar-refractivity contribution in [2.24, 2.45) is 5.41 Å². The maximum Gasteiger partial charge on any atom is 0.245 e. The van der Waals surface area contributed by atoms with E-state index in [-0.39, 0.29) is 17.9 Å². The van der Waals surface area contributed by atoms with Gasteiger partial charge in [0.05, 0.1) is 5.60 Å². The van der Waals surface area contributed by atoms with E-state index in [1.165, 1.54) is 0 Å². The van der Waals surface area contributed by atoms with Crippen LogP contribution in [-0.2, 0) is 9.59 Å². The number of carbonyl (C=O) groups is 2. The molecular formula is C16H28N2O3. The zero-order chi connectivity index (χ0) is 15.8. The quantitative estimate of drug-likeness (QED) is 0.795. The number of hydrogen-bond donors (Lipinski definition) is 1. The van der Waals surface area contributed by atoms with Crippen LogP contribution in [0.3, 0.4) is 0 Å². The predicted molar refractivity (Wildman–Crippen MR) is 80.6 cm³/mol. The second-order valence-electron chi connectivity index (χ2n) is 7.77. The van der Waals surface area contributed by atoms with Crippen LogP contribution in [0, 0.1) is 5.41 Å². The Morgan fingerprint density at radius 2 is 1.86 bits per heavy atom. The number of carbonyl (C=O) groups excluding carboxylic acids is 2. The molecule has 2 amide bonds. The van der Waals surface area contributed by atoms with Gasteiger partial charge in [0.1, 0.15) is 6.04 Å². The molecule has 2 atom stereocenters. The molecule has 2 aliphatic heterocycles. The number of amides is 2. The van der Waals surface area contributed by atoms with Crippen molar-refractivity contribution in [1.29, 1.82) is 0 Å². The van der Waals surface area contributed by atoms with E-state index in [9.17, 15) is 14.7 Å². The molecule has 0 bridgehead atoms. The molecule has 0 spiro atoms. The highest BCUT2D eigenvalue weighted by atomic mass is 16.3. The van der Waals surface area contributed by atoms with Crippen LogP contribution in [0.15, 0.2) is 0 Å². The molecule has 2 heterocycles. The zero-order valence-corrected chi connectivity index (χ0v) is 13.7. The number of β-amino-alcohol motifs (C(OH)–C–C–N with tert-alkyl or cyclic N) is 1. The fraction of sp³-hybridized carbons (Fsp3) is 0.875. The summed E-state index contributed by atoms with van der Waals surface area (Å²) in [5, 5.41) is 10.2. The van der Waals surface area contributed by atoms with Gasteiger partial charge in [-0.2, -0.15) is 0 Å². The van der Waals surface area contributed by atoms with Gasteiger partial charge >= 0.3 is 0 Å². The molecule has 2 aliphatic rings. The fourth-order valence-corrected chi connectivity index (χ4v) is 3.32. The first-order valence-corrected chi connectivity index (χ1v) is 7.94. The summed E-state index contributed by atoms with van der Waals surface area (Å²) in [6.07, 6.45) is 3.16. The summed E-state index contributed by atoms with van der Waals surface area (Å²) in [6.45, 7) is 9.17. The summed E-state index contributed by atoms with van der Waals surface area (Å²) in [4.78, 5) is 28.7. The van der Waals surface area contributed by atoms with Crippen molar-refractivity contribution < 1.29 is 14.7 Å². The number of nitrogens with zero attached hydrogens (tertiary/aromatic N) is 2. The first kappa shape index (κ1) is 16.3. The van der Waals surface area contributed by atoms with Gasteiger partial charge in [0.2, 0.25) is 11.8 Å². The van der Waals surface area contributed by atoms with Crippen molar-refractivity contribution in [2.45, 2.75) is 65.0 Å². The molecule has 2 saturated heterocycles. The number of aliphatic hydroxyl groups is 1. The number of rotatable bonds is 1.